The predicted octanol–water partition coefficient (Wildman–Crippen LogP) is 2.51. The lowest BCUT2D eigenvalue weighted by atomic mass is 9.80. The molecule has 1 aromatic carbocycles. The van der Waals surface area contributed by atoms with Crippen LogP contribution in [0.25, 0.3) is 0 Å². The van der Waals surface area contributed by atoms with Gasteiger partial charge < -0.3 is 4.57 Å². The summed E-state index contributed by atoms with van der Waals surface area (Å²) >= 11 is 0. The van der Waals surface area contributed by atoms with Gasteiger partial charge in [-0.05, 0) is 56.5 Å². The summed E-state index contributed by atoms with van der Waals surface area (Å²) < 4.78 is 15.8. The van der Waals surface area contributed by atoms with Crippen LogP contribution >= 0.6 is 0 Å². The maximum absolute atomic E-state index is 13.6. The molecule has 2 saturated heterocycles. The highest BCUT2D eigenvalue weighted by Gasteiger charge is 2.36. The number of aromatic nitrogens is 2. The summed E-state index contributed by atoms with van der Waals surface area (Å²) in [6, 6.07) is 7.45. The van der Waals surface area contributed by atoms with Gasteiger partial charge in [0.2, 0.25) is 0 Å². The average Bonchev–Trinajstić information content (AvgIpc) is 3.31. The fraction of sp³-hybridized carbons (Fsp3) is 0.550. The normalized spacial score (nSPS) is 25.0. The minimum absolute atomic E-state index is 0.144. The second-order valence-corrected chi connectivity index (χ2v) is 7.46. The standard InChI is InChI=1S/C20H28FN5/c1-2-26-11-8-22-19(26)14-25-9-6-15(7-10-25)20-18(13-23-24-20)16-4-3-5-17(21)12-16/h3-5,8,11-12,15,18,20,23-24H,2,6-7,9-10,13-14H2,1H3. The number of benzene rings is 1. The zero-order valence-corrected chi connectivity index (χ0v) is 15.4. The molecular formula is C20H28FN5. The Kier molecular flexibility index (Phi) is 5.33. The number of hydrogen-bond acceptors (Lipinski definition) is 4. The molecular weight excluding hydrogens is 329 g/mol. The highest BCUT2D eigenvalue weighted by molar-refractivity contribution is 5.24. The van der Waals surface area contributed by atoms with Gasteiger partial charge in [-0.2, -0.15) is 0 Å². The molecule has 2 N–H and O–H groups in total. The minimum atomic E-state index is -0.144. The van der Waals surface area contributed by atoms with Crippen LogP contribution in [0.15, 0.2) is 36.7 Å². The van der Waals surface area contributed by atoms with Gasteiger partial charge in [-0.1, -0.05) is 12.1 Å². The number of rotatable bonds is 5. The first-order chi connectivity index (χ1) is 12.7. The predicted molar refractivity (Wildman–Crippen MR) is 100.0 cm³/mol. The molecule has 140 valence electrons. The van der Waals surface area contributed by atoms with E-state index in [9.17, 15) is 4.39 Å². The smallest absolute Gasteiger partial charge is 0.123 e. The van der Waals surface area contributed by atoms with Crippen LogP contribution in [-0.4, -0.2) is 40.1 Å². The average molecular weight is 357 g/mol. The summed E-state index contributed by atoms with van der Waals surface area (Å²) in [4.78, 5) is 7.01. The molecule has 2 atom stereocenters. The quantitative estimate of drug-likeness (QED) is 0.863. The zero-order chi connectivity index (χ0) is 17.9. The van der Waals surface area contributed by atoms with E-state index in [0.29, 0.717) is 17.9 Å². The molecule has 2 aliphatic heterocycles. The summed E-state index contributed by atoms with van der Waals surface area (Å²) in [5, 5.41) is 0. The number of halogens is 1. The maximum Gasteiger partial charge on any atom is 0.123 e. The number of hydrogen-bond donors (Lipinski definition) is 2. The van der Waals surface area contributed by atoms with Crippen LogP contribution in [0.4, 0.5) is 4.39 Å². The van der Waals surface area contributed by atoms with Crippen molar-refractivity contribution >= 4 is 0 Å². The molecule has 0 radical (unpaired) electrons. The molecule has 2 unspecified atom stereocenters. The number of nitrogens with one attached hydrogen (secondary N) is 2. The maximum atomic E-state index is 13.6. The summed E-state index contributed by atoms with van der Waals surface area (Å²) in [6.07, 6.45) is 6.28. The summed E-state index contributed by atoms with van der Waals surface area (Å²) in [7, 11) is 0. The third-order valence-corrected chi connectivity index (χ3v) is 5.95. The van der Waals surface area contributed by atoms with Crippen molar-refractivity contribution in [2.75, 3.05) is 19.6 Å². The molecule has 2 aromatic rings. The van der Waals surface area contributed by atoms with Crippen molar-refractivity contribution in [2.45, 2.75) is 44.8 Å². The Hall–Kier alpha value is -1.76. The van der Waals surface area contributed by atoms with E-state index in [4.69, 9.17) is 0 Å². The van der Waals surface area contributed by atoms with Crippen molar-refractivity contribution in [3.63, 3.8) is 0 Å². The number of imidazole rings is 1. The van der Waals surface area contributed by atoms with E-state index in [1.807, 2.05) is 12.3 Å². The van der Waals surface area contributed by atoms with Crippen LogP contribution in [0.1, 0.15) is 37.1 Å². The van der Waals surface area contributed by atoms with Crippen molar-refractivity contribution in [3.8, 4) is 0 Å². The first kappa shape index (κ1) is 17.6. The fourth-order valence-corrected chi connectivity index (χ4v) is 4.47. The Balaban J connectivity index is 1.36. The van der Waals surface area contributed by atoms with Gasteiger partial charge in [-0.25, -0.2) is 9.37 Å². The van der Waals surface area contributed by atoms with Crippen molar-refractivity contribution in [3.05, 3.63) is 53.9 Å². The van der Waals surface area contributed by atoms with E-state index in [1.54, 1.807) is 6.07 Å². The van der Waals surface area contributed by atoms with Gasteiger partial charge in [0.1, 0.15) is 11.6 Å². The summed E-state index contributed by atoms with van der Waals surface area (Å²) in [5.41, 5.74) is 7.86. The van der Waals surface area contributed by atoms with Crippen LogP contribution in [0, 0.1) is 11.7 Å². The largest absolute Gasteiger partial charge is 0.334 e. The SMILES string of the molecule is CCn1ccnc1CN1CCC(C2NNCC2c2cccc(F)c2)CC1. The van der Waals surface area contributed by atoms with E-state index in [-0.39, 0.29) is 5.82 Å². The van der Waals surface area contributed by atoms with Crippen LogP contribution in [0.2, 0.25) is 0 Å². The molecule has 6 heteroatoms. The molecule has 26 heavy (non-hydrogen) atoms. The summed E-state index contributed by atoms with van der Waals surface area (Å²) in [5.74, 6) is 1.96. The summed E-state index contributed by atoms with van der Waals surface area (Å²) in [6.45, 7) is 7.10. The lowest BCUT2D eigenvalue weighted by molar-refractivity contribution is 0.148. The lowest BCUT2D eigenvalue weighted by Crippen LogP contribution is -2.44. The molecule has 0 aliphatic carbocycles. The zero-order valence-electron chi connectivity index (χ0n) is 15.4. The van der Waals surface area contributed by atoms with Gasteiger partial charge in [0, 0.05) is 37.4 Å². The van der Waals surface area contributed by atoms with Gasteiger partial charge in [-0.3, -0.25) is 15.8 Å². The highest BCUT2D eigenvalue weighted by Crippen LogP contribution is 2.32. The molecule has 1 aromatic heterocycles. The Labute approximate surface area is 154 Å². The molecule has 4 rings (SSSR count). The van der Waals surface area contributed by atoms with Crippen molar-refractivity contribution in [1.29, 1.82) is 0 Å². The van der Waals surface area contributed by atoms with Crippen LogP contribution in [0.3, 0.4) is 0 Å². The number of likely N-dealkylation sites (tertiary alicyclic amines) is 1. The highest BCUT2D eigenvalue weighted by atomic mass is 19.1. The minimum Gasteiger partial charge on any atom is -0.334 e. The van der Waals surface area contributed by atoms with E-state index in [1.165, 1.54) is 6.07 Å². The number of aryl methyl sites for hydroxylation is 1. The molecule has 2 aliphatic rings. The van der Waals surface area contributed by atoms with Gasteiger partial charge in [0.05, 0.1) is 6.54 Å². The van der Waals surface area contributed by atoms with Gasteiger partial charge in [0.25, 0.3) is 0 Å². The monoisotopic (exact) mass is 357 g/mol. The van der Waals surface area contributed by atoms with E-state index in [2.05, 4.69) is 44.5 Å². The van der Waals surface area contributed by atoms with Gasteiger partial charge in [-0.15, -0.1) is 0 Å². The first-order valence-electron chi connectivity index (χ1n) is 9.71. The van der Waals surface area contributed by atoms with E-state index >= 15 is 0 Å². The lowest BCUT2D eigenvalue weighted by Gasteiger charge is -2.36. The van der Waals surface area contributed by atoms with Gasteiger partial charge >= 0.3 is 0 Å². The molecule has 2 fully saturated rings. The molecule has 0 spiro atoms. The van der Waals surface area contributed by atoms with Crippen LogP contribution in [0.5, 0.6) is 0 Å². The van der Waals surface area contributed by atoms with Gasteiger partial charge in [0.15, 0.2) is 0 Å². The van der Waals surface area contributed by atoms with Crippen molar-refractivity contribution in [1.82, 2.24) is 25.3 Å². The van der Waals surface area contributed by atoms with Crippen molar-refractivity contribution < 1.29 is 4.39 Å². The third kappa shape index (κ3) is 3.68. The number of hydrazine groups is 1. The molecule has 0 saturated carbocycles. The first-order valence-corrected chi connectivity index (χ1v) is 9.71. The Morgan fingerprint density at radius 2 is 2.12 bits per heavy atom. The number of nitrogens with zero attached hydrogens (tertiary/aromatic N) is 3. The molecule has 5 nitrogen and oxygen atoms in total. The topological polar surface area (TPSA) is 45.1 Å². The molecule has 3 heterocycles. The second kappa shape index (κ2) is 7.86. The van der Waals surface area contributed by atoms with Crippen molar-refractivity contribution in [2.24, 2.45) is 5.92 Å². The van der Waals surface area contributed by atoms with Crippen LogP contribution in [-0.2, 0) is 13.1 Å². The van der Waals surface area contributed by atoms with E-state index in [0.717, 1.165) is 57.0 Å². The molecule has 0 bridgehead atoms. The Morgan fingerprint density at radius 3 is 2.88 bits per heavy atom. The van der Waals surface area contributed by atoms with Crippen LogP contribution < -0.4 is 10.9 Å². The van der Waals surface area contributed by atoms with E-state index < -0.39 is 0 Å². The molecule has 0 amide bonds. The third-order valence-electron chi connectivity index (χ3n) is 5.95. The number of piperidine rings is 1. The second-order valence-electron chi connectivity index (χ2n) is 7.46. The fourth-order valence-electron chi connectivity index (χ4n) is 4.47. The Morgan fingerprint density at radius 1 is 1.27 bits per heavy atom. The Bertz CT molecular complexity index is 722.